The van der Waals surface area contributed by atoms with Crippen molar-refractivity contribution in [2.24, 2.45) is 11.3 Å². The minimum absolute atomic E-state index is 0.0706. The lowest BCUT2D eigenvalue weighted by Crippen LogP contribution is -2.40. The fraction of sp³-hybridized carbons (Fsp3) is 0.846. The van der Waals surface area contributed by atoms with Crippen LogP contribution in [0.2, 0.25) is 0 Å². The number of aliphatic hydroxyl groups is 1. The Morgan fingerprint density at radius 1 is 1.39 bits per heavy atom. The molecule has 1 heterocycles. The van der Waals surface area contributed by atoms with Gasteiger partial charge in [0.25, 0.3) is 0 Å². The highest BCUT2D eigenvalue weighted by atomic mass is 16.4. The Morgan fingerprint density at radius 2 is 2.06 bits per heavy atom. The summed E-state index contributed by atoms with van der Waals surface area (Å²) in [5, 5.41) is 14.0. The smallest absolute Gasteiger partial charge is 0.393 e. The summed E-state index contributed by atoms with van der Waals surface area (Å²) in [6.45, 7) is 8.17. The molecule has 0 radical (unpaired) electrons. The normalized spacial score (nSPS) is 29.5. The lowest BCUT2D eigenvalue weighted by molar-refractivity contribution is 0.0230. The lowest BCUT2D eigenvalue weighted by Gasteiger charge is -2.41. The van der Waals surface area contributed by atoms with E-state index in [-0.39, 0.29) is 17.6 Å². The molecule has 0 aliphatic heterocycles. The minimum Gasteiger partial charge on any atom is -0.393 e. The highest BCUT2D eigenvalue weighted by molar-refractivity contribution is 4.90. The Labute approximate surface area is 107 Å². The Bertz CT molecular complexity index is 469. The molecule has 5 heteroatoms. The second-order valence-corrected chi connectivity index (χ2v) is 6.34. The molecule has 0 aromatic carbocycles. The molecule has 0 bridgehead atoms. The summed E-state index contributed by atoms with van der Waals surface area (Å²) in [4.78, 5) is 11.8. The predicted octanol–water partition coefficient (Wildman–Crippen LogP) is 1.89. The number of hydrogen-bond acceptors (Lipinski definition) is 4. The van der Waals surface area contributed by atoms with Crippen LogP contribution in [0.1, 0.15) is 52.0 Å². The molecule has 5 nitrogen and oxygen atoms in total. The van der Waals surface area contributed by atoms with Crippen LogP contribution in [0, 0.1) is 18.3 Å². The quantitative estimate of drug-likeness (QED) is 0.831. The van der Waals surface area contributed by atoms with Gasteiger partial charge in [-0.05, 0) is 30.6 Å². The molecule has 0 saturated heterocycles. The third-order valence-corrected chi connectivity index (χ3v) is 3.89. The SMILES string of the molecule is Cc1nn(C2CC(O)CCC2C(C)(C)C)c(=O)o1. The zero-order valence-corrected chi connectivity index (χ0v) is 11.5. The van der Waals surface area contributed by atoms with E-state index in [0.29, 0.717) is 18.2 Å². The molecular weight excluding hydrogens is 232 g/mol. The van der Waals surface area contributed by atoms with Gasteiger partial charge in [0, 0.05) is 6.92 Å². The topological polar surface area (TPSA) is 68.3 Å². The molecule has 1 aliphatic rings. The van der Waals surface area contributed by atoms with Gasteiger partial charge in [0.1, 0.15) is 0 Å². The summed E-state index contributed by atoms with van der Waals surface area (Å²) in [7, 11) is 0. The Hall–Kier alpha value is -1.10. The average molecular weight is 254 g/mol. The molecule has 1 aromatic heterocycles. The van der Waals surface area contributed by atoms with E-state index >= 15 is 0 Å². The molecule has 102 valence electrons. The molecule has 0 spiro atoms. The van der Waals surface area contributed by atoms with Crippen LogP contribution in [0.5, 0.6) is 0 Å². The van der Waals surface area contributed by atoms with Gasteiger partial charge in [-0.3, -0.25) is 0 Å². The van der Waals surface area contributed by atoms with Crippen molar-refractivity contribution < 1.29 is 9.52 Å². The number of aromatic nitrogens is 2. The molecule has 1 aliphatic carbocycles. The Balaban J connectivity index is 2.37. The van der Waals surface area contributed by atoms with Crippen LogP contribution >= 0.6 is 0 Å². The van der Waals surface area contributed by atoms with Crippen LogP contribution in [0.15, 0.2) is 9.21 Å². The molecule has 1 N–H and O–H groups in total. The standard InChI is InChI=1S/C13H22N2O3/c1-8-14-15(12(17)18-8)11-7-9(16)5-6-10(11)13(2,3)4/h9-11,16H,5-7H2,1-4H3. The molecule has 2 rings (SSSR count). The zero-order chi connectivity index (χ0) is 13.5. The summed E-state index contributed by atoms with van der Waals surface area (Å²) < 4.78 is 6.40. The van der Waals surface area contributed by atoms with Crippen LogP contribution in [-0.2, 0) is 0 Å². The monoisotopic (exact) mass is 254 g/mol. The van der Waals surface area contributed by atoms with Crippen LogP contribution in [0.3, 0.4) is 0 Å². The molecular formula is C13H22N2O3. The van der Waals surface area contributed by atoms with Crippen molar-refractivity contribution in [3.8, 4) is 0 Å². The zero-order valence-electron chi connectivity index (χ0n) is 11.5. The van der Waals surface area contributed by atoms with Crippen LogP contribution in [0.4, 0.5) is 0 Å². The van der Waals surface area contributed by atoms with Gasteiger partial charge in [0.2, 0.25) is 5.89 Å². The molecule has 0 amide bonds. The molecule has 3 unspecified atom stereocenters. The fourth-order valence-electron chi connectivity index (χ4n) is 3.00. The van der Waals surface area contributed by atoms with Crippen LogP contribution < -0.4 is 5.76 Å². The first-order valence-electron chi connectivity index (χ1n) is 6.53. The van der Waals surface area contributed by atoms with Crippen LogP contribution in [0.25, 0.3) is 0 Å². The summed E-state index contributed by atoms with van der Waals surface area (Å²) >= 11 is 0. The van der Waals surface area contributed by atoms with Crippen molar-refractivity contribution in [1.82, 2.24) is 9.78 Å². The minimum atomic E-state index is -0.416. The van der Waals surface area contributed by atoms with E-state index in [1.54, 1.807) is 6.92 Å². The molecule has 18 heavy (non-hydrogen) atoms. The van der Waals surface area contributed by atoms with Crippen LogP contribution in [-0.4, -0.2) is 21.0 Å². The van der Waals surface area contributed by atoms with Crippen molar-refractivity contribution in [1.29, 1.82) is 0 Å². The maximum absolute atomic E-state index is 11.8. The van der Waals surface area contributed by atoms with Gasteiger partial charge in [0.15, 0.2) is 0 Å². The molecule has 1 aromatic rings. The first-order chi connectivity index (χ1) is 8.29. The van der Waals surface area contributed by atoms with Crippen molar-refractivity contribution in [3.05, 3.63) is 16.4 Å². The van der Waals surface area contributed by atoms with E-state index in [9.17, 15) is 9.90 Å². The van der Waals surface area contributed by atoms with Crippen molar-refractivity contribution in [2.75, 3.05) is 0 Å². The second kappa shape index (κ2) is 4.53. The van der Waals surface area contributed by atoms with Crippen molar-refractivity contribution in [3.63, 3.8) is 0 Å². The predicted molar refractivity (Wildman–Crippen MR) is 67.3 cm³/mol. The Morgan fingerprint density at radius 3 is 2.56 bits per heavy atom. The third-order valence-electron chi connectivity index (χ3n) is 3.89. The van der Waals surface area contributed by atoms with Gasteiger partial charge in [-0.25, -0.2) is 4.79 Å². The van der Waals surface area contributed by atoms with Gasteiger partial charge < -0.3 is 9.52 Å². The van der Waals surface area contributed by atoms with Gasteiger partial charge in [-0.2, -0.15) is 4.68 Å². The maximum Gasteiger partial charge on any atom is 0.437 e. The summed E-state index contributed by atoms with van der Waals surface area (Å²) in [6, 6.07) is -0.0706. The van der Waals surface area contributed by atoms with Crippen molar-refractivity contribution in [2.45, 2.75) is 59.1 Å². The van der Waals surface area contributed by atoms with E-state index in [1.165, 1.54) is 4.68 Å². The fourth-order valence-corrected chi connectivity index (χ4v) is 3.00. The third kappa shape index (κ3) is 2.51. The van der Waals surface area contributed by atoms with E-state index in [4.69, 9.17) is 4.42 Å². The number of hydrogen-bond donors (Lipinski definition) is 1. The first-order valence-corrected chi connectivity index (χ1v) is 6.53. The van der Waals surface area contributed by atoms with E-state index in [0.717, 1.165) is 12.8 Å². The number of aryl methyl sites for hydroxylation is 1. The lowest BCUT2D eigenvalue weighted by atomic mass is 9.69. The van der Waals surface area contributed by atoms with E-state index in [1.807, 2.05) is 0 Å². The van der Waals surface area contributed by atoms with Gasteiger partial charge in [-0.1, -0.05) is 20.8 Å². The number of nitrogens with zero attached hydrogens (tertiary/aromatic N) is 2. The highest BCUT2D eigenvalue weighted by Crippen LogP contribution is 2.43. The summed E-state index contributed by atoms with van der Waals surface area (Å²) in [5.41, 5.74) is 0.0805. The molecule has 1 fully saturated rings. The van der Waals surface area contributed by atoms with E-state index in [2.05, 4.69) is 25.9 Å². The summed E-state index contributed by atoms with van der Waals surface area (Å²) in [6.07, 6.45) is 1.93. The van der Waals surface area contributed by atoms with Crippen molar-refractivity contribution >= 4 is 0 Å². The number of aliphatic hydroxyl groups excluding tert-OH is 1. The van der Waals surface area contributed by atoms with Gasteiger partial charge >= 0.3 is 5.76 Å². The largest absolute Gasteiger partial charge is 0.437 e. The Kier molecular flexibility index (Phi) is 3.36. The average Bonchev–Trinajstić information content (AvgIpc) is 2.55. The van der Waals surface area contributed by atoms with E-state index < -0.39 is 5.76 Å². The molecule has 3 atom stereocenters. The summed E-state index contributed by atoms with van der Waals surface area (Å²) in [5.74, 6) is 0.289. The molecule has 1 saturated carbocycles. The second-order valence-electron chi connectivity index (χ2n) is 6.34. The number of rotatable bonds is 1. The first kappa shape index (κ1) is 13.3. The highest BCUT2D eigenvalue weighted by Gasteiger charge is 2.39. The van der Waals surface area contributed by atoms with Gasteiger partial charge in [0.05, 0.1) is 12.1 Å². The van der Waals surface area contributed by atoms with Gasteiger partial charge in [-0.15, -0.1) is 5.10 Å². The maximum atomic E-state index is 11.8.